The van der Waals surface area contributed by atoms with Crippen molar-refractivity contribution in [3.8, 4) is 5.82 Å². The van der Waals surface area contributed by atoms with Crippen molar-refractivity contribution < 1.29 is 0 Å². The number of aromatic nitrogens is 4. The lowest BCUT2D eigenvalue weighted by Gasteiger charge is -2.16. The van der Waals surface area contributed by atoms with E-state index in [-0.39, 0.29) is 0 Å². The highest BCUT2D eigenvalue weighted by Gasteiger charge is 2.18. The van der Waals surface area contributed by atoms with E-state index in [0.29, 0.717) is 0 Å². The predicted octanol–water partition coefficient (Wildman–Crippen LogP) is 2.28. The zero-order valence-electron chi connectivity index (χ0n) is 11.5. The largest absolute Gasteiger partial charge is 0.370 e. The van der Waals surface area contributed by atoms with Crippen molar-refractivity contribution in [1.82, 2.24) is 19.5 Å². The molecule has 5 nitrogen and oxygen atoms in total. The van der Waals surface area contributed by atoms with Crippen LogP contribution in [-0.2, 0) is 12.8 Å². The Morgan fingerprint density at radius 1 is 1.21 bits per heavy atom. The third kappa shape index (κ3) is 2.09. The number of hydrogen-bond donors (Lipinski definition) is 1. The molecule has 3 rings (SSSR count). The van der Waals surface area contributed by atoms with Crippen molar-refractivity contribution in [3.63, 3.8) is 0 Å². The van der Waals surface area contributed by atoms with Gasteiger partial charge in [-0.1, -0.05) is 0 Å². The molecule has 1 aliphatic carbocycles. The second kappa shape index (κ2) is 4.99. The van der Waals surface area contributed by atoms with Crippen LogP contribution in [0.5, 0.6) is 0 Å². The van der Waals surface area contributed by atoms with Crippen LogP contribution in [0.2, 0.25) is 0 Å². The van der Waals surface area contributed by atoms with Gasteiger partial charge in [0.2, 0.25) is 0 Å². The van der Waals surface area contributed by atoms with Crippen molar-refractivity contribution >= 4 is 5.82 Å². The molecule has 2 aromatic rings. The molecule has 0 amide bonds. The predicted molar refractivity (Wildman–Crippen MR) is 74.7 cm³/mol. The molecular weight excluding hydrogens is 238 g/mol. The van der Waals surface area contributed by atoms with Gasteiger partial charge in [-0.25, -0.2) is 15.0 Å². The highest BCUT2D eigenvalue weighted by molar-refractivity contribution is 5.51. The molecule has 100 valence electrons. The lowest BCUT2D eigenvalue weighted by atomic mass is 10.0. The van der Waals surface area contributed by atoms with Gasteiger partial charge in [-0.05, 0) is 39.5 Å². The summed E-state index contributed by atoms with van der Waals surface area (Å²) in [7, 11) is 0. The van der Waals surface area contributed by atoms with Crippen LogP contribution in [0.1, 0.15) is 36.7 Å². The Hall–Kier alpha value is -1.91. The Morgan fingerprint density at radius 3 is 2.89 bits per heavy atom. The summed E-state index contributed by atoms with van der Waals surface area (Å²) in [6.07, 6.45) is 8.19. The number of nitrogens with zero attached hydrogens (tertiary/aromatic N) is 4. The number of rotatable bonds is 3. The summed E-state index contributed by atoms with van der Waals surface area (Å²) in [5.74, 6) is 1.85. The Balaban J connectivity index is 2.07. The van der Waals surface area contributed by atoms with Crippen LogP contribution < -0.4 is 5.32 Å². The molecule has 0 saturated carbocycles. The fourth-order valence-electron chi connectivity index (χ4n) is 2.68. The van der Waals surface area contributed by atoms with Gasteiger partial charge < -0.3 is 5.32 Å². The molecule has 19 heavy (non-hydrogen) atoms. The van der Waals surface area contributed by atoms with Gasteiger partial charge in [0.25, 0.3) is 0 Å². The normalized spacial score (nSPS) is 14.2. The minimum Gasteiger partial charge on any atom is -0.370 e. The molecule has 0 spiro atoms. The fraction of sp³-hybridized carbons (Fsp3) is 0.500. The number of imidazole rings is 1. The maximum Gasteiger partial charge on any atom is 0.146 e. The highest BCUT2D eigenvalue weighted by Crippen LogP contribution is 2.25. The zero-order chi connectivity index (χ0) is 13.2. The zero-order valence-corrected chi connectivity index (χ0v) is 11.5. The van der Waals surface area contributed by atoms with Crippen LogP contribution in [0.4, 0.5) is 5.82 Å². The van der Waals surface area contributed by atoms with Gasteiger partial charge in [-0.3, -0.25) is 4.57 Å². The van der Waals surface area contributed by atoms with E-state index in [2.05, 4.69) is 38.7 Å². The molecule has 0 aromatic carbocycles. The van der Waals surface area contributed by atoms with Gasteiger partial charge in [0.1, 0.15) is 24.3 Å². The maximum atomic E-state index is 4.53. The molecule has 0 fully saturated rings. The molecule has 0 atom stereocenters. The van der Waals surface area contributed by atoms with Gasteiger partial charge in [0.15, 0.2) is 0 Å². The first-order chi connectivity index (χ1) is 9.31. The van der Waals surface area contributed by atoms with E-state index in [4.69, 9.17) is 0 Å². The van der Waals surface area contributed by atoms with Gasteiger partial charge in [-0.2, -0.15) is 0 Å². The van der Waals surface area contributed by atoms with E-state index in [9.17, 15) is 0 Å². The van der Waals surface area contributed by atoms with Crippen molar-refractivity contribution in [2.24, 2.45) is 0 Å². The monoisotopic (exact) mass is 257 g/mol. The maximum absolute atomic E-state index is 4.53. The van der Waals surface area contributed by atoms with Crippen LogP contribution in [0.15, 0.2) is 12.7 Å². The van der Waals surface area contributed by atoms with E-state index in [0.717, 1.165) is 36.6 Å². The summed E-state index contributed by atoms with van der Waals surface area (Å²) in [5, 5.41) is 3.27. The lowest BCUT2D eigenvalue weighted by Crippen LogP contribution is -2.11. The number of nitrogens with one attached hydrogen (secondary N) is 1. The molecule has 0 bridgehead atoms. The molecule has 2 heterocycles. The quantitative estimate of drug-likeness (QED) is 0.916. The number of aryl methyl sites for hydroxylation is 1. The summed E-state index contributed by atoms with van der Waals surface area (Å²) in [6.45, 7) is 4.99. The average Bonchev–Trinajstić information content (AvgIpc) is 2.85. The number of fused-ring (bicyclic) bond motifs is 1. The second-order valence-electron chi connectivity index (χ2n) is 4.92. The van der Waals surface area contributed by atoms with Crippen LogP contribution in [-0.4, -0.2) is 26.1 Å². The second-order valence-corrected chi connectivity index (χ2v) is 4.92. The molecule has 1 N–H and O–H groups in total. The molecule has 0 radical (unpaired) electrons. The van der Waals surface area contributed by atoms with Crippen LogP contribution >= 0.6 is 0 Å². The summed E-state index contributed by atoms with van der Waals surface area (Å²) < 4.78 is 2.13. The van der Waals surface area contributed by atoms with Crippen molar-refractivity contribution in [3.05, 3.63) is 29.6 Å². The van der Waals surface area contributed by atoms with Crippen LogP contribution in [0.3, 0.4) is 0 Å². The topological polar surface area (TPSA) is 55.6 Å². The molecular formula is C14H19N5. The van der Waals surface area contributed by atoms with Gasteiger partial charge in [-0.15, -0.1) is 0 Å². The van der Waals surface area contributed by atoms with E-state index in [1.807, 2.05) is 6.33 Å². The Labute approximate surface area is 113 Å². The molecule has 0 saturated heterocycles. The first-order valence-electron chi connectivity index (χ1n) is 6.92. The molecule has 2 aromatic heterocycles. The molecule has 0 aliphatic heterocycles. The first-order valence-corrected chi connectivity index (χ1v) is 6.92. The van der Waals surface area contributed by atoms with Crippen molar-refractivity contribution in [2.75, 3.05) is 11.9 Å². The first kappa shape index (κ1) is 12.1. The average molecular weight is 257 g/mol. The van der Waals surface area contributed by atoms with Crippen LogP contribution in [0.25, 0.3) is 5.82 Å². The Morgan fingerprint density at radius 2 is 2.05 bits per heavy atom. The molecule has 1 aliphatic rings. The molecule has 5 heteroatoms. The molecule has 0 unspecified atom stereocenters. The number of anilines is 1. The van der Waals surface area contributed by atoms with Gasteiger partial charge in [0.05, 0.1) is 5.69 Å². The van der Waals surface area contributed by atoms with E-state index in [1.165, 1.54) is 24.2 Å². The Bertz CT molecular complexity index is 588. The van der Waals surface area contributed by atoms with E-state index in [1.54, 1.807) is 6.33 Å². The van der Waals surface area contributed by atoms with Gasteiger partial charge in [0, 0.05) is 17.8 Å². The lowest BCUT2D eigenvalue weighted by molar-refractivity contribution is 0.653. The SMILES string of the molecule is CCNc1ncnc(-n2cnc3c2CCCC3)c1C. The minimum atomic E-state index is 0.860. The van der Waals surface area contributed by atoms with Crippen molar-refractivity contribution in [2.45, 2.75) is 39.5 Å². The number of hydrogen-bond acceptors (Lipinski definition) is 4. The Kier molecular flexibility index (Phi) is 3.19. The van der Waals surface area contributed by atoms with Gasteiger partial charge >= 0.3 is 0 Å². The third-order valence-electron chi connectivity index (χ3n) is 3.66. The third-order valence-corrected chi connectivity index (χ3v) is 3.66. The summed E-state index contributed by atoms with van der Waals surface area (Å²) in [6, 6.07) is 0. The summed E-state index contributed by atoms with van der Waals surface area (Å²) >= 11 is 0. The standard InChI is InChI=1S/C14H19N5/c1-3-15-13-10(2)14(17-8-16-13)19-9-18-11-6-4-5-7-12(11)19/h8-9H,3-7H2,1-2H3,(H,15,16,17). The van der Waals surface area contributed by atoms with E-state index < -0.39 is 0 Å². The fourth-order valence-corrected chi connectivity index (χ4v) is 2.68. The van der Waals surface area contributed by atoms with Crippen molar-refractivity contribution in [1.29, 1.82) is 0 Å². The summed E-state index contributed by atoms with van der Waals surface area (Å²) in [5.41, 5.74) is 3.62. The highest BCUT2D eigenvalue weighted by atomic mass is 15.1. The van der Waals surface area contributed by atoms with E-state index >= 15 is 0 Å². The van der Waals surface area contributed by atoms with Crippen LogP contribution in [0, 0.1) is 6.92 Å². The smallest absolute Gasteiger partial charge is 0.146 e. The summed E-state index contributed by atoms with van der Waals surface area (Å²) in [4.78, 5) is 13.3. The minimum absolute atomic E-state index is 0.860.